The third-order valence-electron chi connectivity index (χ3n) is 2.78. The molecule has 5 nitrogen and oxygen atoms in total. The van der Waals surface area contributed by atoms with Crippen LogP contribution in [0.4, 0.5) is 0 Å². The molecule has 6 heteroatoms. The van der Waals surface area contributed by atoms with Crippen molar-refractivity contribution in [2.75, 3.05) is 24.6 Å². The van der Waals surface area contributed by atoms with E-state index in [1.165, 1.54) is 0 Å². The molecular weight excluding hydrogens is 218 g/mol. The Labute approximate surface area is 90.0 Å². The normalized spacial score (nSPS) is 23.5. The van der Waals surface area contributed by atoms with E-state index in [2.05, 4.69) is 0 Å². The second-order valence-electron chi connectivity index (χ2n) is 3.85. The van der Waals surface area contributed by atoms with E-state index >= 15 is 0 Å². The van der Waals surface area contributed by atoms with Crippen LogP contribution in [0.1, 0.15) is 19.8 Å². The molecule has 0 aromatic heterocycles. The lowest BCUT2D eigenvalue weighted by Crippen LogP contribution is -2.46. The maximum atomic E-state index is 11.2. The molecule has 1 aliphatic heterocycles. The summed E-state index contributed by atoms with van der Waals surface area (Å²) < 4.78 is 22.4. The molecule has 0 aliphatic carbocycles. The van der Waals surface area contributed by atoms with Gasteiger partial charge in [0.1, 0.15) is 0 Å². The van der Waals surface area contributed by atoms with Crippen molar-refractivity contribution < 1.29 is 18.3 Å². The van der Waals surface area contributed by atoms with Crippen LogP contribution in [-0.2, 0) is 14.6 Å². The number of sulfone groups is 1. The molecule has 0 bridgehead atoms. The highest BCUT2D eigenvalue weighted by Crippen LogP contribution is 2.13. The molecule has 0 aromatic carbocycles. The number of carboxylic acid groups (broad SMARTS) is 1. The summed E-state index contributed by atoms with van der Waals surface area (Å²) in [6, 6.07) is -0.0296. The van der Waals surface area contributed by atoms with Crippen molar-refractivity contribution in [1.82, 2.24) is 4.90 Å². The summed E-state index contributed by atoms with van der Waals surface area (Å²) >= 11 is 0. The Morgan fingerprint density at radius 3 is 2.33 bits per heavy atom. The molecule has 1 saturated heterocycles. The highest BCUT2D eigenvalue weighted by atomic mass is 32.2. The van der Waals surface area contributed by atoms with Gasteiger partial charge >= 0.3 is 5.97 Å². The zero-order valence-corrected chi connectivity index (χ0v) is 9.66. The van der Waals surface area contributed by atoms with Gasteiger partial charge in [-0.25, -0.2) is 8.42 Å². The monoisotopic (exact) mass is 235 g/mol. The Bertz CT molecular complexity index is 311. The van der Waals surface area contributed by atoms with Gasteiger partial charge in [-0.2, -0.15) is 0 Å². The second kappa shape index (κ2) is 4.94. The second-order valence-corrected chi connectivity index (χ2v) is 6.15. The molecule has 88 valence electrons. The van der Waals surface area contributed by atoms with Gasteiger partial charge in [0.2, 0.25) is 0 Å². The first-order chi connectivity index (χ1) is 6.94. The molecule has 15 heavy (non-hydrogen) atoms. The first kappa shape index (κ1) is 12.4. The topological polar surface area (TPSA) is 74.7 Å². The van der Waals surface area contributed by atoms with E-state index in [1.54, 1.807) is 0 Å². The fourth-order valence-corrected chi connectivity index (χ4v) is 3.05. The summed E-state index contributed by atoms with van der Waals surface area (Å²) in [6.45, 7) is 2.86. The van der Waals surface area contributed by atoms with Crippen LogP contribution < -0.4 is 0 Å². The molecule has 1 atom stereocenters. The van der Waals surface area contributed by atoms with Crippen LogP contribution in [0.25, 0.3) is 0 Å². The number of aliphatic carboxylic acids is 1. The molecule has 1 rings (SSSR count). The molecule has 0 saturated carbocycles. The zero-order chi connectivity index (χ0) is 11.5. The highest BCUT2D eigenvalue weighted by Gasteiger charge is 2.27. The minimum Gasteiger partial charge on any atom is -0.481 e. The van der Waals surface area contributed by atoms with E-state index in [0.717, 1.165) is 6.42 Å². The van der Waals surface area contributed by atoms with Gasteiger partial charge in [-0.15, -0.1) is 0 Å². The summed E-state index contributed by atoms with van der Waals surface area (Å²) in [5.74, 6) is -0.512. The van der Waals surface area contributed by atoms with Crippen LogP contribution in [0.15, 0.2) is 0 Å². The largest absolute Gasteiger partial charge is 0.481 e. The minimum atomic E-state index is -2.87. The van der Waals surface area contributed by atoms with E-state index < -0.39 is 15.8 Å². The lowest BCUT2D eigenvalue weighted by molar-refractivity contribution is -0.138. The van der Waals surface area contributed by atoms with Crippen LogP contribution >= 0.6 is 0 Å². The van der Waals surface area contributed by atoms with Crippen molar-refractivity contribution in [2.45, 2.75) is 25.8 Å². The number of carbonyl (C=O) groups is 1. The van der Waals surface area contributed by atoms with Crippen molar-refractivity contribution in [2.24, 2.45) is 0 Å². The number of rotatable bonds is 4. The Morgan fingerprint density at radius 1 is 1.40 bits per heavy atom. The Hall–Kier alpha value is -0.620. The first-order valence-electron chi connectivity index (χ1n) is 5.11. The molecule has 0 aromatic rings. The van der Waals surface area contributed by atoms with E-state index in [4.69, 9.17) is 5.11 Å². The van der Waals surface area contributed by atoms with Gasteiger partial charge in [0.25, 0.3) is 0 Å². The maximum absolute atomic E-state index is 11.2. The van der Waals surface area contributed by atoms with E-state index in [9.17, 15) is 13.2 Å². The smallest absolute Gasteiger partial charge is 0.304 e. The number of nitrogens with zero attached hydrogens (tertiary/aromatic N) is 1. The van der Waals surface area contributed by atoms with Gasteiger partial charge in [-0.3, -0.25) is 9.69 Å². The van der Waals surface area contributed by atoms with Crippen LogP contribution in [0.5, 0.6) is 0 Å². The van der Waals surface area contributed by atoms with Crippen molar-refractivity contribution in [1.29, 1.82) is 0 Å². The fraction of sp³-hybridized carbons (Fsp3) is 0.889. The lowest BCUT2D eigenvalue weighted by atomic mass is 10.1. The number of hydrogen-bond donors (Lipinski definition) is 1. The molecule has 1 fully saturated rings. The van der Waals surface area contributed by atoms with Crippen molar-refractivity contribution >= 4 is 15.8 Å². The first-order valence-corrected chi connectivity index (χ1v) is 6.93. The van der Waals surface area contributed by atoms with Gasteiger partial charge in [0.15, 0.2) is 9.84 Å². The van der Waals surface area contributed by atoms with Crippen LogP contribution in [0, 0.1) is 0 Å². The Morgan fingerprint density at radius 2 is 1.93 bits per heavy atom. The maximum Gasteiger partial charge on any atom is 0.304 e. The van der Waals surface area contributed by atoms with Crippen molar-refractivity contribution in [3.8, 4) is 0 Å². The number of hydrogen-bond acceptors (Lipinski definition) is 4. The van der Waals surface area contributed by atoms with Gasteiger partial charge in [-0.1, -0.05) is 6.92 Å². The third-order valence-corrected chi connectivity index (χ3v) is 4.39. The SMILES string of the molecule is CCC(CC(=O)O)N1CCS(=O)(=O)CC1. The lowest BCUT2D eigenvalue weighted by Gasteiger charge is -2.32. The summed E-state index contributed by atoms with van der Waals surface area (Å²) in [7, 11) is -2.87. The molecule has 0 radical (unpaired) electrons. The third kappa shape index (κ3) is 3.79. The fourth-order valence-electron chi connectivity index (χ4n) is 1.82. The van der Waals surface area contributed by atoms with Gasteiger partial charge in [0, 0.05) is 19.1 Å². The van der Waals surface area contributed by atoms with Crippen LogP contribution in [0.3, 0.4) is 0 Å². The quantitative estimate of drug-likeness (QED) is 0.740. The van der Waals surface area contributed by atoms with Crippen LogP contribution in [-0.4, -0.2) is 55.0 Å². The summed E-state index contributed by atoms with van der Waals surface area (Å²) in [6.07, 6.45) is 0.836. The van der Waals surface area contributed by atoms with E-state index in [1.807, 2.05) is 11.8 Å². The molecule has 1 aliphatic rings. The molecule has 1 heterocycles. The average molecular weight is 235 g/mol. The minimum absolute atomic E-state index is 0.0296. The zero-order valence-electron chi connectivity index (χ0n) is 8.85. The van der Waals surface area contributed by atoms with E-state index in [0.29, 0.717) is 13.1 Å². The summed E-state index contributed by atoms with van der Waals surface area (Å²) in [5, 5.41) is 8.70. The van der Waals surface area contributed by atoms with Gasteiger partial charge in [-0.05, 0) is 6.42 Å². The Kier molecular flexibility index (Phi) is 4.10. The predicted molar refractivity (Wildman–Crippen MR) is 56.6 cm³/mol. The standard InChI is InChI=1S/C9H17NO4S/c1-2-8(7-9(11)12)10-3-5-15(13,14)6-4-10/h8H,2-7H2,1H3,(H,11,12). The predicted octanol–water partition coefficient (Wildman–Crippen LogP) is -0.0299. The molecule has 1 unspecified atom stereocenters. The summed E-state index contributed by atoms with van der Waals surface area (Å²) in [5.41, 5.74) is 0. The van der Waals surface area contributed by atoms with Crippen molar-refractivity contribution in [3.63, 3.8) is 0 Å². The van der Waals surface area contributed by atoms with Gasteiger partial charge < -0.3 is 5.11 Å². The molecule has 1 N–H and O–H groups in total. The Balaban J connectivity index is 2.53. The molecule has 0 amide bonds. The van der Waals surface area contributed by atoms with Crippen LogP contribution in [0.2, 0.25) is 0 Å². The summed E-state index contributed by atoms with van der Waals surface area (Å²) in [4.78, 5) is 12.6. The number of carboxylic acids is 1. The average Bonchev–Trinajstić information content (AvgIpc) is 2.14. The van der Waals surface area contributed by atoms with Crippen molar-refractivity contribution in [3.05, 3.63) is 0 Å². The van der Waals surface area contributed by atoms with E-state index in [-0.39, 0.29) is 24.0 Å². The van der Waals surface area contributed by atoms with Gasteiger partial charge in [0.05, 0.1) is 17.9 Å². The molecular formula is C9H17NO4S. The molecule has 0 spiro atoms. The highest BCUT2D eigenvalue weighted by molar-refractivity contribution is 7.91.